The minimum Gasteiger partial charge on any atom is -0.444 e. The summed E-state index contributed by atoms with van der Waals surface area (Å²) in [6, 6.07) is 5.25. The van der Waals surface area contributed by atoms with Crippen LogP contribution in [0.3, 0.4) is 0 Å². The van der Waals surface area contributed by atoms with E-state index in [1.54, 1.807) is 18.3 Å². The van der Waals surface area contributed by atoms with Crippen molar-refractivity contribution in [2.24, 2.45) is 0 Å². The number of nitrogens with two attached hydrogens (primary N) is 1. The van der Waals surface area contributed by atoms with Gasteiger partial charge < -0.3 is 20.7 Å². The van der Waals surface area contributed by atoms with Gasteiger partial charge in [0.05, 0.1) is 29.2 Å². The molecule has 9 nitrogen and oxygen atoms in total. The van der Waals surface area contributed by atoms with Crippen LogP contribution in [0.4, 0.5) is 20.6 Å². The summed E-state index contributed by atoms with van der Waals surface area (Å²) in [6.07, 6.45) is 3.10. The number of hydrogen-bond acceptors (Lipinski definition) is 8. The molecule has 0 aliphatic carbocycles. The number of nitrogens with zero attached hydrogens (tertiary/aromatic N) is 4. The average molecular weight is 555 g/mol. The molecule has 2 saturated heterocycles. The topological polar surface area (TPSA) is 114 Å². The lowest BCUT2D eigenvalue weighted by Crippen LogP contribution is -2.57. The van der Waals surface area contributed by atoms with Crippen LogP contribution < -0.4 is 16.0 Å². The molecule has 0 radical (unpaired) electrons. The maximum atomic E-state index is 15.4. The highest BCUT2D eigenvalue weighted by Gasteiger charge is 2.44. The number of anilines is 2. The van der Waals surface area contributed by atoms with Crippen LogP contribution in [0.1, 0.15) is 67.4 Å². The first-order chi connectivity index (χ1) is 18.4. The molecule has 2 fully saturated rings. The first-order valence-corrected chi connectivity index (χ1v) is 14.1. The zero-order chi connectivity index (χ0) is 28.1. The van der Waals surface area contributed by atoms with Crippen molar-refractivity contribution in [3.63, 3.8) is 0 Å². The molecule has 1 aromatic carbocycles. The molecule has 5 rings (SSSR count). The summed E-state index contributed by atoms with van der Waals surface area (Å²) < 4.78 is 21.0. The van der Waals surface area contributed by atoms with Gasteiger partial charge in [-0.15, -0.1) is 11.3 Å². The van der Waals surface area contributed by atoms with E-state index in [2.05, 4.69) is 15.3 Å². The number of piperazine rings is 1. The molecule has 3 N–H and O–H groups in total. The molecule has 0 saturated carbocycles. The predicted octanol–water partition coefficient (Wildman–Crippen LogP) is 4.84. The highest BCUT2D eigenvalue weighted by molar-refractivity contribution is 7.21. The van der Waals surface area contributed by atoms with Crippen LogP contribution in [0.15, 0.2) is 24.4 Å². The molecule has 3 atom stereocenters. The number of rotatable bonds is 5. The van der Waals surface area contributed by atoms with E-state index in [0.717, 1.165) is 24.1 Å². The Bertz CT molecular complexity index is 1410. The Morgan fingerprint density at radius 2 is 1.95 bits per heavy atom. The molecule has 2 aromatic heterocycles. The van der Waals surface area contributed by atoms with Gasteiger partial charge in [-0.05, 0) is 64.2 Å². The maximum absolute atomic E-state index is 15.4. The molecule has 11 heteroatoms. The second-order valence-corrected chi connectivity index (χ2v) is 12.5. The van der Waals surface area contributed by atoms with Gasteiger partial charge in [0.25, 0.3) is 5.91 Å². The molecule has 2 aliphatic rings. The second kappa shape index (κ2) is 10.3. The summed E-state index contributed by atoms with van der Waals surface area (Å²) in [4.78, 5) is 39.2. The van der Waals surface area contributed by atoms with Crippen molar-refractivity contribution in [2.45, 2.75) is 71.1 Å². The molecule has 2 amide bonds. The van der Waals surface area contributed by atoms with E-state index in [9.17, 15) is 9.59 Å². The summed E-state index contributed by atoms with van der Waals surface area (Å²) in [5, 5.41) is 2.92. The smallest absolute Gasteiger partial charge is 0.410 e. The number of ether oxygens (including phenoxy) is 1. The molecular formula is C28H35FN6O3S. The number of nitrogen functional groups attached to an aromatic ring is 1. The lowest BCUT2D eigenvalue weighted by molar-refractivity contribution is 0.0123. The molecule has 4 heterocycles. The van der Waals surface area contributed by atoms with Crippen LogP contribution in [0.25, 0.3) is 10.3 Å². The van der Waals surface area contributed by atoms with Crippen LogP contribution in [0, 0.1) is 12.7 Å². The summed E-state index contributed by atoms with van der Waals surface area (Å²) in [7, 11) is 0. The van der Waals surface area contributed by atoms with Gasteiger partial charge in [0, 0.05) is 25.8 Å². The molecule has 208 valence electrons. The van der Waals surface area contributed by atoms with Gasteiger partial charge in [-0.2, -0.15) is 0 Å². The van der Waals surface area contributed by atoms with Gasteiger partial charge in [-0.25, -0.2) is 19.2 Å². The molecule has 2 bridgehead atoms. The Morgan fingerprint density at radius 1 is 1.26 bits per heavy atom. The lowest BCUT2D eigenvalue weighted by Gasteiger charge is -2.42. The van der Waals surface area contributed by atoms with E-state index in [-0.39, 0.29) is 35.8 Å². The van der Waals surface area contributed by atoms with Crippen LogP contribution >= 0.6 is 11.3 Å². The van der Waals surface area contributed by atoms with Gasteiger partial charge in [-0.1, -0.05) is 13.0 Å². The van der Waals surface area contributed by atoms with Crippen molar-refractivity contribution >= 4 is 45.1 Å². The minimum absolute atomic E-state index is 0.00228. The Balaban J connectivity index is 1.22. The summed E-state index contributed by atoms with van der Waals surface area (Å²) in [5.41, 5.74) is 8.53. The number of aromatic nitrogens is 2. The molecule has 0 spiro atoms. The number of carbonyl (C=O) groups excluding carboxylic acids is 2. The fourth-order valence-electron chi connectivity index (χ4n) is 5.38. The van der Waals surface area contributed by atoms with E-state index in [1.165, 1.54) is 11.3 Å². The number of amides is 2. The van der Waals surface area contributed by atoms with Gasteiger partial charge >= 0.3 is 6.09 Å². The monoisotopic (exact) mass is 554 g/mol. The summed E-state index contributed by atoms with van der Waals surface area (Å²) in [6.45, 7) is 10.8. The summed E-state index contributed by atoms with van der Waals surface area (Å²) >= 11 is 1.22. The number of carbonyl (C=O) groups is 2. The van der Waals surface area contributed by atoms with Crippen molar-refractivity contribution in [3.05, 3.63) is 46.3 Å². The maximum Gasteiger partial charge on any atom is 0.410 e. The van der Waals surface area contributed by atoms with E-state index >= 15 is 4.39 Å². The zero-order valence-corrected chi connectivity index (χ0v) is 23.8. The van der Waals surface area contributed by atoms with Crippen molar-refractivity contribution in [2.75, 3.05) is 30.3 Å². The number of hydrogen-bond donors (Lipinski definition) is 2. The third kappa shape index (κ3) is 5.50. The lowest BCUT2D eigenvalue weighted by atomic mass is 10.00. The normalized spacial score (nSPS) is 19.8. The number of aryl methyl sites for hydroxylation is 1. The summed E-state index contributed by atoms with van der Waals surface area (Å²) in [5.74, 6) is -0.721. The van der Waals surface area contributed by atoms with Crippen molar-refractivity contribution in [1.82, 2.24) is 20.2 Å². The first kappa shape index (κ1) is 27.1. The van der Waals surface area contributed by atoms with E-state index in [0.29, 0.717) is 46.2 Å². The Hall–Kier alpha value is -3.47. The minimum atomic E-state index is -0.552. The third-order valence-corrected chi connectivity index (χ3v) is 8.39. The first-order valence-electron chi connectivity index (χ1n) is 13.3. The number of nitrogens with one attached hydrogen (secondary N) is 1. The highest BCUT2D eigenvalue weighted by atomic mass is 32.1. The van der Waals surface area contributed by atoms with Gasteiger partial charge in [-0.3, -0.25) is 9.69 Å². The largest absolute Gasteiger partial charge is 0.444 e. The standard InChI is InChI=1S/C28H35FN6O3S/c1-15(11-32-25(36)24-22(30)23-26(39-24)33-16(2)12-31-23)17-6-9-21(20(29)10-17)34-13-18-7-8-19(14-34)35(18)27(37)38-28(3,4)5/h6,9-10,12,15,18-19H,7-8,11,13-14,30H2,1-5H3,(H,32,36)/t15-,18?,19?/m1/s1. The Labute approximate surface area is 231 Å². The Morgan fingerprint density at radius 3 is 2.59 bits per heavy atom. The fourth-order valence-corrected chi connectivity index (χ4v) is 6.40. The third-order valence-electron chi connectivity index (χ3n) is 7.30. The molecule has 2 unspecified atom stereocenters. The van der Waals surface area contributed by atoms with Crippen molar-refractivity contribution in [1.29, 1.82) is 0 Å². The van der Waals surface area contributed by atoms with Crippen LogP contribution in [0.2, 0.25) is 0 Å². The fraction of sp³-hybridized carbons (Fsp3) is 0.500. The van der Waals surface area contributed by atoms with Crippen molar-refractivity contribution in [3.8, 4) is 0 Å². The van der Waals surface area contributed by atoms with Crippen LogP contribution in [-0.2, 0) is 4.74 Å². The highest BCUT2D eigenvalue weighted by Crippen LogP contribution is 2.36. The van der Waals surface area contributed by atoms with Crippen molar-refractivity contribution < 1.29 is 18.7 Å². The van der Waals surface area contributed by atoms with Gasteiger partial charge in [0.2, 0.25) is 0 Å². The van der Waals surface area contributed by atoms with E-state index in [1.807, 2.05) is 50.5 Å². The average Bonchev–Trinajstić information content (AvgIpc) is 3.33. The second-order valence-electron chi connectivity index (χ2n) is 11.5. The van der Waals surface area contributed by atoms with Gasteiger partial charge in [0.1, 0.15) is 26.6 Å². The number of thiophene rings is 1. The van der Waals surface area contributed by atoms with E-state index in [4.69, 9.17) is 10.5 Å². The number of fused-ring (bicyclic) bond motifs is 3. The number of benzene rings is 1. The van der Waals surface area contributed by atoms with Gasteiger partial charge in [0.15, 0.2) is 0 Å². The SMILES string of the molecule is Cc1cnc2c(N)c(C(=O)NC[C@@H](C)c3ccc(N4CC5CCC(C4)N5C(=O)OC(C)(C)C)c(F)c3)sc2n1. The molecular weight excluding hydrogens is 519 g/mol. The van der Waals surface area contributed by atoms with E-state index < -0.39 is 5.60 Å². The zero-order valence-electron chi connectivity index (χ0n) is 23.0. The Kier molecular flexibility index (Phi) is 7.13. The molecule has 3 aromatic rings. The molecule has 2 aliphatic heterocycles. The number of halogens is 1. The quantitative estimate of drug-likeness (QED) is 0.464. The van der Waals surface area contributed by atoms with Crippen LogP contribution in [0.5, 0.6) is 0 Å². The van der Waals surface area contributed by atoms with Crippen LogP contribution in [-0.4, -0.2) is 64.2 Å². The predicted molar refractivity (Wildman–Crippen MR) is 151 cm³/mol. The molecule has 39 heavy (non-hydrogen) atoms.